The fourth-order valence-corrected chi connectivity index (χ4v) is 1.75. The zero-order valence-corrected chi connectivity index (χ0v) is 9.12. The second-order valence-electron chi connectivity index (χ2n) is 3.14. The van der Waals surface area contributed by atoms with Crippen LogP contribution in [0.15, 0.2) is 0 Å². The lowest BCUT2D eigenvalue weighted by atomic mass is 10.1. The van der Waals surface area contributed by atoms with Gasteiger partial charge in [0.15, 0.2) is 0 Å². The lowest BCUT2D eigenvalue weighted by Crippen LogP contribution is -1.87. The average Bonchev–Trinajstić information content (AvgIpc) is 2.02. The summed E-state index contributed by atoms with van der Waals surface area (Å²) in [7, 11) is 0. The van der Waals surface area contributed by atoms with E-state index in [4.69, 9.17) is 4.79 Å². The van der Waals surface area contributed by atoms with Gasteiger partial charge in [-0.05, 0) is 18.2 Å². The van der Waals surface area contributed by atoms with Crippen LogP contribution in [0.3, 0.4) is 0 Å². The van der Waals surface area contributed by atoms with Crippen LogP contribution in [0.4, 0.5) is 0 Å². The smallest absolute Gasteiger partial charge is 0.272 e. The van der Waals surface area contributed by atoms with E-state index in [2.05, 4.69) is 6.92 Å². The molecule has 0 unspecified atom stereocenters. The summed E-state index contributed by atoms with van der Waals surface area (Å²) in [4.78, 5) is 8.87. The van der Waals surface area contributed by atoms with E-state index in [9.17, 15) is 0 Å². The van der Waals surface area contributed by atoms with E-state index < -0.39 is 0 Å². The summed E-state index contributed by atoms with van der Waals surface area (Å²) in [6, 6.07) is 0. The van der Waals surface area contributed by atoms with Crippen LogP contribution in [0.2, 0.25) is 0 Å². The minimum absolute atomic E-state index is 0.503. The molecule has 0 rings (SSSR count). The van der Waals surface area contributed by atoms with E-state index in [-0.39, 0.29) is 0 Å². The van der Waals surface area contributed by atoms with Crippen molar-refractivity contribution < 1.29 is 4.79 Å². The summed E-state index contributed by atoms with van der Waals surface area (Å²) in [5, 5.41) is 0.503. The molecule has 0 aromatic heterocycles. The standard InChI is InChI=1S/C10H20OS/c1-3-4-5-6-7-8-9-12-10(2)11/h3-9H2,1-2H3/p+1. The zero-order chi connectivity index (χ0) is 9.23. The molecule has 1 N–H and O–H groups in total. The molecule has 0 aliphatic heterocycles. The van der Waals surface area contributed by atoms with Crippen LogP contribution in [-0.4, -0.2) is 15.7 Å². The Labute approximate surface area is 80.3 Å². The third kappa shape index (κ3) is 10.0. The molecule has 0 spiro atoms. The van der Waals surface area contributed by atoms with E-state index in [1.807, 2.05) is 0 Å². The van der Waals surface area contributed by atoms with Gasteiger partial charge in [0.05, 0.1) is 6.92 Å². The zero-order valence-electron chi connectivity index (χ0n) is 8.31. The lowest BCUT2D eigenvalue weighted by molar-refractivity contribution is 0.627. The van der Waals surface area contributed by atoms with Crippen molar-refractivity contribution in [2.24, 2.45) is 0 Å². The summed E-state index contributed by atoms with van der Waals surface area (Å²) in [6.45, 7) is 3.99. The maximum absolute atomic E-state index is 8.87. The Kier molecular flexibility index (Phi) is 9.13. The first-order valence-corrected chi connectivity index (χ1v) is 5.91. The van der Waals surface area contributed by atoms with Gasteiger partial charge < -0.3 is 0 Å². The average molecular weight is 189 g/mol. The molecule has 0 radical (unpaired) electrons. The Morgan fingerprint density at radius 1 is 1.08 bits per heavy atom. The first kappa shape index (κ1) is 12.0. The lowest BCUT2D eigenvalue weighted by Gasteiger charge is -1.97. The van der Waals surface area contributed by atoms with E-state index in [1.165, 1.54) is 38.5 Å². The summed E-state index contributed by atoms with van der Waals surface area (Å²) >= 11 is 1.57. The van der Waals surface area contributed by atoms with Crippen LogP contribution in [0, 0.1) is 0 Å². The number of hydrogen-bond acceptors (Lipinski definition) is 1. The molecule has 0 atom stereocenters. The largest absolute Gasteiger partial charge is 0.347 e. The van der Waals surface area contributed by atoms with E-state index in [1.54, 1.807) is 18.7 Å². The number of carbonyl (C=O) groups excluding carboxylic acids is 1. The molecule has 0 saturated carbocycles. The predicted molar refractivity (Wildman–Crippen MR) is 58.5 cm³/mol. The van der Waals surface area contributed by atoms with Gasteiger partial charge in [0.25, 0.3) is 0 Å². The van der Waals surface area contributed by atoms with Gasteiger partial charge in [-0.3, -0.25) is 4.79 Å². The topological polar surface area (TPSA) is 21.4 Å². The fraction of sp³-hybridized carbons (Fsp3) is 0.900. The van der Waals surface area contributed by atoms with Gasteiger partial charge in [0, 0.05) is 5.75 Å². The normalized spacial score (nSPS) is 10.2. The van der Waals surface area contributed by atoms with Crippen LogP contribution >= 0.6 is 11.8 Å². The van der Waals surface area contributed by atoms with Gasteiger partial charge in [-0.1, -0.05) is 39.0 Å². The highest BCUT2D eigenvalue weighted by molar-refractivity contribution is 8.13. The fourth-order valence-electron chi connectivity index (χ4n) is 1.10. The molecule has 0 saturated heterocycles. The van der Waals surface area contributed by atoms with Crippen LogP contribution in [0.25, 0.3) is 0 Å². The minimum Gasteiger partial charge on any atom is -0.272 e. The van der Waals surface area contributed by atoms with Crippen LogP contribution in [0.1, 0.15) is 52.4 Å². The molecule has 0 bridgehead atoms. The van der Waals surface area contributed by atoms with Crippen molar-refractivity contribution in [3.05, 3.63) is 0 Å². The summed E-state index contributed by atoms with van der Waals surface area (Å²) in [5.41, 5.74) is 0. The molecule has 0 aromatic carbocycles. The molecule has 2 heteroatoms. The van der Waals surface area contributed by atoms with Crippen molar-refractivity contribution in [3.8, 4) is 0 Å². The Morgan fingerprint density at radius 2 is 1.67 bits per heavy atom. The van der Waals surface area contributed by atoms with Gasteiger partial charge in [-0.2, -0.15) is 0 Å². The van der Waals surface area contributed by atoms with Crippen molar-refractivity contribution in [1.29, 1.82) is 0 Å². The Morgan fingerprint density at radius 3 is 2.25 bits per heavy atom. The van der Waals surface area contributed by atoms with Crippen molar-refractivity contribution in [3.63, 3.8) is 0 Å². The van der Waals surface area contributed by atoms with Crippen LogP contribution in [-0.2, 0) is 0 Å². The maximum atomic E-state index is 8.87. The van der Waals surface area contributed by atoms with Crippen LogP contribution < -0.4 is 0 Å². The molecule has 0 heterocycles. The van der Waals surface area contributed by atoms with E-state index in [0.717, 1.165) is 5.75 Å². The first-order valence-electron chi connectivity index (χ1n) is 4.92. The van der Waals surface area contributed by atoms with Gasteiger partial charge >= 0.3 is 5.12 Å². The quantitative estimate of drug-likeness (QED) is 0.443. The first-order chi connectivity index (χ1) is 5.77. The highest BCUT2D eigenvalue weighted by Crippen LogP contribution is 2.09. The van der Waals surface area contributed by atoms with E-state index >= 15 is 0 Å². The third-order valence-corrected chi connectivity index (χ3v) is 2.72. The minimum atomic E-state index is 0.503. The Balaban J connectivity index is 2.86. The highest BCUT2D eigenvalue weighted by Gasteiger charge is 1.98. The summed E-state index contributed by atoms with van der Waals surface area (Å²) in [6.07, 6.45) is 7.99. The van der Waals surface area contributed by atoms with Gasteiger partial charge in [0.2, 0.25) is 0 Å². The molecule has 12 heavy (non-hydrogen) atoms. The van der Waals surface area contributed by atoms with Gasteiger partial charge in [-0.15, -0.1) is 0 Å². The van der Waals surface area contributed by atoms with E-state index in [0.29, 0.717) is 5.12 Å². The van der Waals surface area contributed by atoms with Crippen LogP contribution in [0.5, 0.6) is 0 Å². The molecule has 72 valence electrons. The molecule has 0 amide bonds. The van der Waals surface area contributed by atoms with Crippen molar-refractivity contribution in [2.75, 3.05) is 5.75 Å². The number of thioether (sulfide) groups is 1. The Bertz CT molecular complexity index is 112. The predicted octanol–water partition coefficient (Wildman–Crippen LogP) is 3.60. The molecule has 0 aromatic rings. The maximum Gasteiger partial charge on any atom is 0.347 e. The highest BCUT2D eigenvalue weighted by atomic mass is 32.2. The third-order valence-electron chi connectivity index (χ3n) is 1.81. The Hall–Kier alpha value is 0.0200. The SMILES string of the molecule is CCCCCCCCSC(C)=[OH+]. The second kappa shape index (κ2) is 9.11. The number of hydrogen-bond donors (Lipinski definition) is 0. The van der Waals surface area contributed by atoms with Gasteiger partial charge in [0.1, 0.15) is 0 Å². The molecule has 0 aliphatic carbocycles. The molecule has 0 aliphatic rings. The second-order valence-corrected chi connectivity index (χ2v) is 4.42. The molecular formula is C10H21OS+. The van der Waals surface area contributed by atoms with Crippen molar-refractivity contribution >= 4 is 16.9 Å². The summed E-state index contributed by atoms with van der Waals surface area (Å²) < 4.78 is 0. The van der Waals surface area contributed by atoms with Gasteiger partial charge in [-0.25, -0.2) is 0 Å². The van der Waals surface area contributed by atoms with Crippen molar-refractivity contribution in [1.82, 2.24) is 0 Å². The molecular weight excluding hydrogens is 168 g/mol. The molecule has 1 nitrogen and oxygen atoms in total. The molecule has 0 fully saturated rings. The van der Waals surface area contributed by atoms with Crippen molar-refractivity contribution in [2.45, 2.75) is 52.4 Å². The summed E-state index contributed by atoms with van der Waals surface area (Å²) in [5.74, 6) is 1.08. The monoisotopic (exact) mass is 189 g/mol. The number of unbranched alkanes of at least 4 members (excludes halogenated alkanes) is 5. The number of rotatable bonds is 7.